The number of nitrogens with two attached hydrogens (primary N) is 1. The van der Waals surface area contributed by atoms with Crippen molar-refractivity contribution < 1.29 is 9.59 Å². The van der Waals surface area contributed by atoms with E-state index in [0.29, 0.717) is 19.4 Å². The molecule has 0 unspecified atom stereocenters. The van der Waals surface area contributed by atoms with Crippen LogP contribution in [0.5, 0.6) is 0 Å². The van der Waals surface area contributed by atoms with E-state index in [-0.39, 0.29) is 11.8 Å². The molecule has 0 spiro atoms. The lowest BCUT2D eigenvalue weighted by atomic mass is 10.2. The second-order valence-corrected chi connectivity index (χ2v) is 4.63. The van der Waals surface area contributed by atoms with E-state index >= 15 is 0 Å². The first kappa shape index (κ1) is 16.2. The molecule has 2 amide bonds. The number of carbonyl (C=O) groups excluding carboxylic acids is 2. The van der Waals surface area contributed by atoms with E-state index in [4.69, 9.17) is 5.73 Å². The van der Waals surface area contributed by atoms with Crippen LogP contribution in [0.15, 0.2) is 24.3 Å². The third-order valence-corrected chi connectivity index (χ3v) is 2.88. The van der Waals surface area contributed by atoms with Gasteiger partial charge in [0.1, 0.15) is 0 Å². The highest BCUT2D eigenvalue weighted by molar-refractivity contribution is 5.92. The number of hydrogen-bond acceptors (Lipinski definition) is 3. The van der Waals surface area contributed by atoms with Gasteiger partial charge in [-0.2, -0.15) is 0 Å². The van der Waals surface area contributed by atoms with Crippen LogP contribution >= 0.6 is 0 Å². The smallest absolute Gasteiger partial charge is 0.224 e. The van der Waals surface area contributed by atoms with Crippen LogP contribution in [0.4, 0.5) is 11.4 Å². The van der Waals surface area contributed by atoms with Crippen LogP contribution in [0.2, 0.25) is 0 Å². The molecule has 0 saturated heterocycles. The van der Waals surface area contributed by atoms with Crippen molar-refractivity contribution in [3.05, 3.63) is 24.3 Å². The van der Waals surface area contributed by atoms with Gasteiger partial charge in [0.05, 0.1) is 0 Å². The Balaban J connectivity index is 2.37. The minimum absolute atomic E-state index is 0.00682. The predicted octanol–water partition coefficient (Wildman–Crippen LogP) is 2.49. The molecule has 5 heteroatoms. The quantitative estimate of drug-likeness (QED) is 0.638. The predicted molar refractivity (Wildman–Crippen MR) is 81.5 cm³/mol. The Morgan fingerprint density at radius 3 is 2.00 bits per heavy atom. The first-order chi connectivity index (χ1) is 9.65. The normalized spacial score (nSPS) is 10.1. The number of nitrogens with one attached hydrogen (secondary N) is 2. The molecule has 1 aromatic carbocycles. The summed E-state index contributed by atoms with van der Waals surface area (Å²) < 4.78 is 0. The van der Waals surface area contributed by atoms with Crippen molar-refractivity contribution in [3.63, 3.8) is 0 Å². The molecule has 0 saturated carbocycles. The van der Waals surface area contributed by atoms with E-state index in [0.717, 1.165) is 30.6 Å². The maximum absolute atomic E-state index is 11.7. The first-order valence-corrected chi connectivity index (χ1v) is 7.05. The van der Waals surface area contributed by atoms with E-state index < -0.39 is 0 Å². The molecule has 0 heterocycles. The monoisotopic (exact) mass is 277 g/mol. The highest BCUT2D eigenvalue weighted by atomic mass is 16.2. The summed E-state index contributed by atoms with van der Waals surface area (Å²) in [7, 11) is 0. The number of carbonyl (C=O) groups is 2. The summed E-state index contributed by atoms with van der Waals surface area (Å²) in [5.74, 6) is -0.0194. The molecule has 110 valence electrons. The van der Waals surface area contributed by atoms with Gasteiger partial charge in [-0.25, -0.2) is 0 Å². The summed E-state index contributed by atoms with van der Waals surface area (Å²) in [6.45, 7) is 2.47. The van der Waals surface area contributed by atoms with Crippen molar-refractivity contribution in [1.29, 1.82) is 0 Å². The Bertz CT molecular complexity index is 429. The number of hydrogen-bond donors (Lipinski definition) is 3. The Kier molecular flexibility index (Phi) is 7.35. The van der Waals surface area contributed by atoms with E-state index in [2.05, 4.69) is 10.6 Å². The van der Waals surface area contributed by atoms with E-state index in [9.17, 15) is 9.59 Å². The Morgan fingerprint density at radius 1 is 0.950 bits per heavy atom. The van der Waals surface area contributed by atoms with Crippen LogP contribution in [0.25, 0.3) is 0 Å². The van der Waals surface area contributed by atoms with Gasteiger partial charge in [0.15, 0.2) is 0 Å². The average Bonchev–Trinajstić information content (AvgIpc) is 2.45. The molecular formula is C15H23N3O2. The zero-order chi connectivity index (χ0) is 14.8. The molecule has 4 N–H and O–H groups in total. The molecule has 0 bridgehead atoms. The van der Waals surface area contributed by atoms with Gasteiger partial charge in [-0.05, 0) is 43.7 Å². The second kappa shape index (κ2) is 9.09. The van der Waals surface area contributed by atoms with E-state index in [1.807, 2.05) is 0 Å². The largest absolute Gasteiger partial charge is 0.330 e. The lowest BCUT2D eigenvalue weighted by Crippen LogP contribution is -2.12. The highest BCUT2D eigenvalue weighted by Gasteiger charge is 2.03. The van der Waals surface area contributed by atoms with Crippen LogP contribution in [0.3, 0.4) is 0 Å². The fraction of sp³-hybridized carbons (Fsp3) is 0.467. The van der Waals surface area contributed by atoms with Crippen molar-refractivity contribution in [3.8, 4) is 0 Å². The number of anilines is 2. The van der Waals surface area contributed by atoms with Crippen LogP contribution in [-0.2, 0) is 9.59 Å². The van der Waals surface area contributed by atoms with Crippen LogP contribution in [0, 0.1) is 0 Å². The number of unbranched alkanes of at least 4 members (excludes halogenated alkanes) is 2. The number of rotatable bonds is 8. The van der Waals surface area contributed by atoms with E-state index in [1.54, 1.807) is 31.2 Å². The molecule has 0 radical (unpaired) electrons. The fourth-order valence-electron chi connectivity index (χ4n) is 1.72. The average molecular weight is 277 g/mol. The molecule has 0 fully saturated rings. The Labute approximate surface area is 119 Å². The van der Waals surface area contributed by atoms with Crippen molar-refractivity contribution in [2.75, 3.05) is 17.2 Å². The molecule has 20 heavy (non-hydrogen) atoms. The Morgan fingerprint density at radius 2 is 1.50 bits per heavy atom. The summed E-state index contributed by atoms with van der Waals surface area (Å²) in [5.41, 5.74) is 6.87. The number of amides is 2. The van der Waals surface area contributed by atoms with Crippen molar-refractivity contribution in [2.45, 2.75) is 39.0 Å². The fourth-order valence-corrected chi connectivity index (χ4v) is 1.72. The maximum Gasteiger partial charge on any atom is 0.224 e. The molecule has 1 rings (SSSR count). The standard InChI is InChI=1S/C15H23N3O2/c1-2-14(19)17-12-7-9-13(10-8-12)18-15(20)6-4-3-5-11-16/h7-10H,2-6,11,16H2,1H3,(H,17,19)(H,18,20). The highest BCUT2D eigenvalue weighted by Crippen LogP contribution is 2.14. The lowest BCUT2D eigenvalue weighted by Gasteiger charge is -2.07. The van der Waals surface area contributed by atoms with Crippen LogP contribution in [-0.4, -0.2) is 18.4 Å². The van der Waals surface area contributed by atoms with Crippen LogP contribution < -0.4 is 16.4 Å². The third kappa shape index (κ3) is 6.33. The minimum Gasteiger partial charge on any atom is -0.330 e. The van der Waals surface area contributed by atoms with Gasteiger partial charge in [-0.3, -0.25) is 9.59 Å². The van der Waals surface area contributed by atoms with Gasteiger partial charge < -0.3 is 16.4 Å². The summed E-state index contributed by atoms with van der Waals surface area (Å²) >= 11 is 0. The maximum atomic E-state index is 11.7. The third-order valence-electron chi connectivity index (χ3n) is 2.88. The molecule has 0 aliphatic heterocycles. The van der Waals surface area contributed by atoms with Gasteiger partial charge >= 0.3 is 0 Å². The molecule has 0 aliphatic rings. The minimum atomic E-state index is -0.0262. The van der Waals surface area contributed by atoms with Gasteiger partial charge in [0, 0.05) is 24.2 Å². The zero-order valence-corrected chi connectivity index (χ0v) is 11.9. The Hall–Kier alpha value is -1.88. The number of benzene rings is 1. The van der Waals surface area contributed by atoms with Crippen LogP contribution in [0.1, 0.15) is 39.0 Å². The molecule has 0 aliphatic carbocycles. The molecule has 5 nitrogen and oxygen atoms in total. The molecule has 0 aromatic heterocycles. The van der Waals surface area contributed by atoms with Gasteiger partial charge in [0.25, 0.3) is 0 Å². The van der Waals surface area contributed by atoms with Crippen molar-refractivity contribution in [2.24, 2.45) is 5.73 Å². The van der Waals surface area contributed by atoms with Crippen molar-refractivity contribution in [1.82, 2.24) is 0 Å². The molecule has 0 atom stereocenters. The second-order valence-electron chi connectivity index (χ2n) is 4.63. The summed E-state index contributed by atoms with van der Waals surface area (Å²) in [5, 5.41) is 5.59. The van der Waals surface area contributed by atoms with E-state index in [1.165, 1.54) is 0 Å². The summed E-state index contributed by atoms with van der Waals surface area (Å²) in [6.07, 6.45) is 3.74. The van der Waals surface area contributed by atoms with Gasteiger partial charge in [-0.1, -0.05) is 13.3 Å². The molecule has 1 aromatic rings. The SMILES string of the molecule is CCC(=O)Nc1ccc(NC(=O)CCCCCN)cc1. The summed E-state index contributed by atoms with van der Waals surface area (Å²) in [4.78, 5) is 22.9. The van der Waals surface area contributed by atoms with Gasteiger partial charge in [-0.15, -0.1) is 0 Å². The topological polar surface area (TPSA) is 84.2 Å². The zero-order valence-electron chi connectivity index (χ0n) is 11.9. The lowest BCUT2D eigenvalue weighted by molar-refractivity contribution is -0.117. The molecular weight excluding hydrogens is 254 g/mol. The van der Waals surface area contributed by atoms with Gasteiger partial charge in [0.2, 0.25) is 11.8 Å². The van der Waals surface area contributed by atoms with Crippen molar-refractivity contribution >= 4 is 23.2 Å². The summed E-state index contributed by atoms with van der Waals surface area (Å²) in [6, 6.07) is 7.11. The first-order valence-electron chi connectivity index (χ1n) is 7.05.